The Balaban J connectivity index is 1.70. The molecule has 0 aliphatic carbocycles. The summed E-state index contributed by atoms with van der Waals surface area (Å²) in [4.78, 5) is 22.4. The van der Waals surface area contributed by atoms with Gasteiger partial charge >= 0.3 is 11.9 Å². The first kappa shape index (κ1) is 28.7. The van der Waals surface area contributed by atoms with Crippen LogP contribution in [0.4, 0.5) is 0 Å². The van der Waals surface area contributed by atoms with E-state index >= 15 is 0 Å². The number of aromatic carboxylic acids is 2. The number of carbonyl (C=O) groups is 2. The highest BCUT2D eigenvalue weighted by Gasteiger charge is 2.11. The third-order valence-corrected chi connectivity index (χ3v) is 6.68. The third-order valence-electron chi connectivity index (χ3n) is 6.68. The van der Waals surface area contributed by atoms with E-state index in [2.05, 4.69) is 25.1 Å². The Morgan fingerprint density at radius 3 is 2.03 bits per heavy atom. The summed E-state index contributed by atoms with van der Waals surface area (Å²) >= 11 is 0. The minimum Gasteiger partial charge on any atom is -0.493 e. The molecule has 0 fully saturated rings. The number of hydrogen-bond donors (Lipinski definition) is 2. The van der Waals surface area contributed by atoms with Crippen molar-refractivity contribution < 1.29 is 24.5 Å². The Labute approximate surface area is 225 Å². The molecule has 0 aliphatic rings. The van der Waals surface area contributed by atoms with Gasteiger partial charge in [-0.2, -0.15) is 0 Å². The van der Waals surface area contributed by atoms with E-state index in [0.717, 1.165) is 48.1 Å². The molecule has 0 amide bonds. The number of para-hydroxylation sites is 1. The summed E-state index contributed by atoms with van der Waals surface area (Å²) in [7, 11) is 0. The van der Waals surface area contributed by atoms with E-state index in [1.54, 1.807) is 24.3 Å². The molecule has 38 heavy (non-hydrogen) atoms. The number of carboxylic acid groups (broad SMARTS) is 2. The number of hydrogen-bond acceptors (Lipinski definition) is 3. The Kier molecular flexibility index (Phi) is 11.6. The molecule has 3 rings (SSSR count). The lowest BCUT2D eigenvalue weighted by Gasteiger charge is -2.15. The molecule has 0 saturated carbocycles. The van der Waals surface area contributed by atoms with Crippen LogP contribution in [0.5, 0.6) is 5.75 Å². The molecule has 0 radical (unpaired) electrons. The van der Waals surface area contributed by atoms with Crippen molar-refractivity contribution >= 4 is 18.0 Å². The van der Waals surface area contributed by atoms with Crippen LogP contribution in [0.1, 0.15) is 82.9 Å². The molecule has 2 N–H and O–H groups in total. The summed E-state index contributed by atoms with van der Waals surface area (Å²) in [5.74, 6) is -0.774. The van der Waals surface area contributed by atoms with Crippen LogP contribution in [0.2, 0.25) is 0 Å². The topological polar surface area (TPSA) is 83.8 Å². The molecule has 0 saturated heterocycles. The summed E-state index contributed by atoms with van der Waals surface area (Å²) in [6.45, 7) is 2.92. The molecular weight excluding hydrogens is 476 g/mol. The molecule has 200 valence electrons. The quantitative estimate of drug-likeness (QED) is 0.190. The van der Waals surface area contributed by atoms with E-state index in [9.17, 15) is 14.7 Å². The zero-order valence-corrected chi connectivity index (χ0v) is 22.1. The van der Waals surface area contributed by atoms with Crippen LogP contribution in [-0.2, 0) is 12.8 Å². The molecule has 5 nitrogen and oxygen atoms in total. The average Bonchev–Trinajstić information content (AvgIpc) is 2.93. The van der Waals surface area contributed by atoms with Crippen LogP contribution >= 0.6 is 0 Å². The van der Waals surface area contributed by atoms with E-state index in [4.69, 9.17) is 9.84 Å². The monoisotopic (exact) mass is 514 g/mol. The predicted octanol–water partition coefficient (Wildman–Crippen LogP) is 7.94. The molecule has 3 aromatic carbocycles. The summed E-state index contributed by atoms with van der Waals surface area (Å²) < 4.78 is 6.11. The number of ether oxygens (including phenoxy) is 1. The van der Waals surface area contributed by atoms with Gasteiger partial charge in [0, 0.05) is 5.56 Å². The number of rotatable bonds is 16. The van der Waals surface area contributed by atoms with Crippen molar-refractivity contribution in [2.24, 2.45) is 5.92 Å². The zero-order chi connectivity index (χ0) is 27.2. The second-order valence-corrected chi connectivity index (χ2v) is 9.67. The number of aryl methyl sites for hydroxylation is 1. The maximum Gasteiger partial charge on any atom is 0.335 e. The van der Waals surface area contributed by atoms with Crippen molar-refractivity contribution in [1.82, 2.24) is 0 Å². The van der Waals surface area contributed by atoms with E-state index in [0.29, 0.717) is 6.61 Å². The minimum absolute atomic E-state index is 0.201. The lowest BCUT2D eigenvalue weighted by atomic mass is 9.91. The summed E-state index contributed by atoms with van der Waals surface area (Å²) in [6, 6.07) is 22.1. The highest BCUT2D eigenvalue weighted by atomic mass is 16.5. The molecule has 3 aromatic rings. The first-order valence-corrected chi connectivity index (χ1v) is 13.5. The molecule has 0 bridgehead atoms. The molecule has 0 aliphatic heterocycles. The summed E-state index contributed by atoms with van der Waals surface area (Å²) in [5, 5.41) is 18.4. The normalized spacial score (nSPS) is 11.9. The van der Waals surface area contributed by atoms with Crippen molar-refractivity contribution in [2.75, 3.05) is 6.61 Å². The number of carboxylic acids is 2. The Morgan fingerprint density at radius 2 is 1.39 bits per heavy atom. The van der Waals surface area contributed by atoms with E-state index in [-0.39, 0.29) is 17.0 Å². The molecule has 1 unspecified atom stereocenters. The van der Waals surface area contributed by atoms with Gasteiger partial charge in [0.25, 0.3) is 0 Å². The van der Waals surface area contributed by atoms with Crippen LogP contribution in [-0.4, -0.2) is 28.8 Å². The van der Waals surface area contributed by atoms with Crippen molar-refractivity contribution in [2.45, 2.75) is 58.3 Å². The standard InChI is InChI=1S/C33H38O5/c1-2-3-4-5-8-23-38-31-10-7-6-9-28(31)18-15-26(24-27-16-21-30(22-17-27)33(36)37)12-11-25-13-19-29(20-14-25)32(34)35/h6-7,9-10,13-22,26H,2-5,8,11-12,23-24H2,1H3,(H,34,35)(H,36,37). The maximum atomic E-state index is 11.2. The second-order valence-electron chi connectivity index (χ2n) is 9.67. The first-order valence-electron chi connectivity index (χ1n) is 13.5. The Morgan fingerprint density at radius 1 is 0.789 bits per heavy atom. The average molecular weight is 515 g/mol. The van der Waals surface area contributed by atoms with Gasteiger partial charge in [0.15, 0.2) is 0 Å². The van der Waals surface area contributed by atoms with Crippen molar-refractivity contribution in [3.05, 3.63) is 107 Å². The largest absolute Gasteiger partial charge is 0.493 e. The van der Waals surface area contributed by atoms with Crippen LogP contribution in [0.15, 0.2) is 78.9 Å². The van der Waals surface area contributed by atoms with Crippen molar-refractivity contribution in [3.63, 3.8) is 0 Å². The Bertz CT molecular complexity index is 1180. The van der Waals surface area contributed by atoms with E-state index < -0.39 is 11.9 Å². The molecule has 0 heterocycles. The van der Waals surface area contributed by atoms with Crippen molar-refractivity contribution in [3.8, 4) is 5.75 Å². The molecule has 0 aromatic heterocycles. The van der Waals surface area contributed by atoms with E-state index in [1.807, 2.05) is 42.5 Å². The summed E-state index contributed by atoms with van der Waals surface area (Å²) in [6.07, 6.45) is 12.7. The predicted molar refractivity (Wildman–Crippen MR) is 152 cm³/mol. The zero-order valence-electron chi connectivity index (χ0n) is 22.1. The van der Waals surface area contributed by atoms with Gasteiger partial charge in [0.1, 0.15) is 5.75 Å². The molecule has 1 atom stereocenters. The van der Waals surface area contributed by atoms with Gasteiger partial charge in [0.2, 0.25) is 0 Å². The van der Waals surface area contributed by atoms with E-state index in [1.165, 1.54) is 25.7 Å². The van der Waals surface area contributed by atoms with Crippen LogP contribution < -0.4 is 4.74 Å². The minimum atomic E-state index is -0.931. The number of unbranched alkanes of at least 4 members (excludes halogenated alkanes) is 4. The van der Waals surface area contributed by atoms with Crippen LogP contribution in [0, 0.1) is 5.92 Å². The number of benzene rings is 3. The van der Waals surface area contributed by atoms with Gasteiger partial charge in [-0.25, -0.2) is 9.59 Å². The lowest BCUT2D eigenvalue weighted by molar-refractivity contribution is 0.0686. The van der Waals surface area contributed by atoms with Gasteiger partial charge in [-0.1, -0.05) is 87.2 Å². The fourth-order valence-corrected chi connectivity index (χ4v) is 4.40. The van der Waals surface area contributed by atoms with Gasteiger partial charge in [-0.3, -0.25) is 0 Å². The fraction of sp³-hybridized carbons (Fsp3) is 0.333. The first-order chi connectivity index (χ1) is 18.5. The van der Waals surface area contributed by atoms with Gasteiger partial charge in [-0.15, -0.1) is 0 Å². The van der Waals surface area contributed by atoms with Gasteiger partial charge < -0.3 is 14.9 Å². The highest BCUT2D eigenvalue weighted by Crippen LogP contribution is 2.24. The molecular formula is C33H38O5. The van der Waals surface area contributed by atoms with Gasteiger partial charge in [-0.05, 0) is 73.1 Å². The Hall–Kier alpha value is -3.86. The summed E-state index contributed by atoms with van der Waals surface area (Å²) in [5.41, 5.74) is 3.76. The van der Waals surface area contributed by atoms with Gasteiger partial charge in [0.05, 0.1) is 17.7 Å². The maximum absolute atomic E-state index is 11.2. The molecule has 5 heteroatoms. The van der Waals surface area contributed by atoms with Crippen LogP contribution in [0.3, 0.4) is 0 Å². The number of allylic oxidation sites excluding steroid dienone is 1. The SMILES string of the molecule is CCCCCCCOc1ccccc1C=CC(CCc1ccc(C(=O)O)cc1)Cc1ccc(C(=O)O)cc1. The van der Waals surface area contributed by atoms with Crippen LogP contribution in [0.25, 0.3) is 6.08 Å². The smallest absolute Gasteiger partial charge is 0.335 e. The lowest BCUT2D eigenvalue weighted by Crippen LogP contribution is -2.05. The molecule has 0 spiro atoms. The fourth-order valence-electron chi connectivity index (χ4n) is 4.40. The second kappa shape index (κ2) is 15.4. The third kappa shape index (κ3) is 9.55. The highest BCUT2D eigenvalue weighted by molar-refractivity contribution is 5.88. The van der Waals surface area contributed by atoms with Crippen molar-refractivity contribution in [1.29, 1.82) is 0 Å².